The number of ether oxygens (including phenoxy) is 1. The lowest BCUT2D eigenvalue weighted by Crippen LogP contribution is -2.29. The Morgan fingerprint density at radius 3 is 2.79 bits per heavy atom. The summed E-state index contributed by atoms with van der Waals surface area (Å²) in [7, 11) is 0. The fourth-order valence-electron chi connectivity index (χ4n) is 1.24. The Morgan fingerprint density at radius 2 is 2.29 bits per heavy atom. The minimum atomic E-state index is 0.581. The molecule has 1 fully saturated rings. The van der Waals surface area contributed by atoms with Gasteiger partial charge in [0.05, 0.1) is 18.5 Å². The molecule has 4 heteroatoms. The van der Waals surface area contributed by atoms with E-state index in [0.29, 0.717) is 11.8 Å². The van der Waals surface area contributed by atoms with Crippen LogP contribution >= 0.6 is 27.7 Å². The molecule has 1 saturated heterocycles. The molecule has 0 aliphatic carbocycles. The molecule has 0 aromatic heterocycles. The van der Waals surface area contributed by atoms with Gasteiger partial charge in [0, 0.05) is 15.9 Å². The monoisotopic (exact) mass is 273 g/mol. The average Bonchev–Trinajstić information content (AvgIpc) is 2.12. The predicted molar refractivity (Wildman–Crippen MR) is 62.5 cm³/mol. The summed E-state index contributed by atoms with van der Waals surface area (Å²) in [6, 6.07) is 6.33. The van der Waals surface area contributed by atoms with Crippen LogP contribution in [0.2, 0.25) is 0 Å². The van der Waals surface area contributed by atoms with Crippen molar-refractivity contribution in [3.8, 4) is 0 Å². The molecular weight excluding hydrogens is 262 g/mol. The van der Waals surface area contributed by atoms with Crippen molar-refractivity contribution in [3.05, 3.63) is 28.2 Å². The SMILES string of the molecule is NCc1ccc(SC2COC2)cc1Br. The Morgan fingerprint density at radius 1 is 1.50 bits per heavy atom. The van der Waals surface area contributed by atoms with Crippen LogP contribution in [0.1, 0.15) is 5.56 Å². The van der Waals surface area contributed by atoms with Crippen LogP contribution in [0.15, 0.2) is 27.6 Å². The highest BCUT2D eigenvalue weighted by atomic mass is 79.9. The van der Waals surface area contributed by atoms with E-state index in [9.17, 15) is 0 Å². The normalized spacial score (nSPS) is 16.7. The number of hydrogen-bond donors (Lipinski definition) is 1. The maximum atomic E-state index is 5.58. The molecule has 0 saturated carbocycles. The third kappa shape index (κ3) is 2.31. The van der Waals surface area contributed by atoms with Crippen molar-refractivity contribution in [2.45, 2.75) is 16.7 Å². The lowest BCUT2D eigenvalue weighted by atomic mass is 10.2. The van der Waals surface area contributed by atoms with E-state index in [4.69, 9.17) is 10.5 Å². The molecule has 0 atom stereocenters. The summed E-state index contributed by atoms with van der Waals surface area (Å²) in [5.41, 5.74) is 6.73. The van der Waals surface area contributed by atoms with Crippen molar-refractivity contribution in [2.75, 3.05) is 13.2 Å². The highest BCUT2D eigenvalue weighted by Crippen LogP contribution is 2.30. The highest BCUT2D eigenvalue weighted by molar-refractivity contribution is 9.10. The number of halogens is 1. The van der Waals surface area contributed by atoms with Crippen molar-refractivity contribution >= 4 is 27.7 Å². The van der Waals surface area contributed by atoms with Gasteiger partial charge < -0.3 is 10.5 Å². The highest BCUT2D eigenvalue weighted by Gasteiger charge is 2.19. The molecule has 0 spiro atoms. The van der Waals surface area contributed by atoms with Crippen LogP contribution in [0.5, 0.6) is 0 Å². The summed E-state index contributed by atoms with van der Waals surface area (Å²) >= 11 is 5.38. The van der Waals surface area contributed by atoms with Gasteiger partial charge in [-0.3, -0.25) is 0 Å². The van der Waals surface area contributed by atoms with Crippen molar-refractivity contribution in [2.24, 2.45) is 5.73 Å². The molecule has 2 rings (SSSR count). The van der Waals surface area contributed by atoms with E-state index in [1.54, 1.807) is 0 Å². The van der Waals surface area contributed by atoms with Gasteiger partial charge in [0.15, 0.2) is 0 Å². The zero-order valence-electron chi connectivity index (χ0n) is 7.70. The van der Waals surface area contributed by atoms with Gasteiger partial charge in [-0.15, -0.1) is 11.8 Å². The summed E-state index contributed by atoms with van der Waals surface area (Å²) in [4.78, 5) is 1.28. The fourth-order valence-corrected chi connectivity index (χ4v) is 2.98. The van der Waals surface area contributed by atoms with Crippen molar-refractivity contribution in [1.82, 2.24) is 0 Å². The molecule has 1 aromatic carbocycles. The van der Waals surface area contributed by atoms with Gasteiger partial charge in [0.1, 0.15) is 0 Å². The van der Waals surface area contributed by atoms with Crippen LogP contribution in [0.25, 0.3) is 0 Å². The largest absolute Gasteiger partial charge is 0.379 e. The molecular formula is C10H12BrNOS. The van der Waals surface area contributed by atoms with Crippen LogP contribution in [-0.4, -0.2) is 18.5 Å². The Balaban J connectivity index is 2.07. The Kier molecular flexibility index (Phi) is 3.49. The number of nitrogens with two attached hydrogens (primary N) is 1. The molecule has 0 amide bonds. The molecule has 14 heavy (non-hydrogen) atoms. The number of hydrogen-bond acceptors (Lipinski definition) is 3. The van der Waals surface area contributed by atoms with Crippen LogP contribution in [0.4, 0.5) is 0 Å². The second kappa shape index (κ2) is 4.66. The van der Waals surface area contributed by atoms with Crippen molar-refractivity contribution in [1.29, 1.82) is 0 Å². The third-order valence-electron chi connectivity index (χ3n) is 2.15. The van der Waals surface area contributed by atoms with E-state index in [2.05, 4.69) is 34.1 Å². The van der Waals surface area contributed by atoms with E-state index in [0.717, 1.165) is 23.2 Å². The van der Waals surface area contributed by atoms with E-state index in [-0.39, 0.29) is 0 Å². The van der Waals surface area contributed by atoms with Gasteiger partial charge in [-0.2, -0.15) is 0 Å². The van der Waals surface area contributed by atoms with Crippen molar-refractivity contribution in [3.63, 3.8) is 0 Å². The van der Waals surface area contributed by atoms with Gasteiger partial charge in [-0.25, -0.2) is 0 Å². The molecule has 2 nitrogen and oxygen atoms in total. The second-order valence-electron chi connectivity index (χ2n) is 3.23. The molecule has 2 N–H and O–H groups in total. The summed E-state index contributed by atoms with van der Waals surface area (Å²) in [5.74, 6) is 0. The van der Waals surface area contributed by atoms with Gasteiger partial charge in [-0.1, -0.05) is 22.0 Å². The quantitative estimate of drug-likeness (QED) is 0.919. The predicted octanol–water partition coefficient (Wildman–Crippen LogP) is 2.40. The zero-order chi connectivity index (χ0) is 9.97. The lowest BCUT2D eigenvalue weighted by Gasteiger charge is -2.25. The molecule has 0 bridgehead atoms. The van der Waals surface area contributed by atoms with Gasteiger partial charge in [-0.05, 0) is 17.7 Å². The number of rotatable bonds is 3. The first kappa shape index (κ1) is 10.5. The van der Waals surface area contributed by atoms with Gasteiger partial charge >= 0.3 is 0 Å². The Labute approximate surface area is 96.3 Å². The number of thioether (sulfide) groups is 1. The van der Waals surface area contributed by atoms with Gasteiger partial charge in [0.25, 0.3) is 0 Å². The zero-order valence-corrected chi connectivity index (χ0v) is 10.1. The minimum Gasteiger partial charge on any atom is -0.379 e. The second-order valence-corrected chi connectivity index (χ2v) is 5.46. The average molecular weight is 274 g/mol. The standard InChI is InChI=1S/C10H12BrNOS/c11-10-3-8(2-1-7(10)4-12)14-9-5-13-6-9/h1-3,9H,4-6,12H2. The summed E-state index contributed by atoms with van der Waals surface area (Å²) in [6.07, 6.45) is 0. The maximum Gasteiger partial charge on any atom is 0.0611 e. The first-order chi connectivity index (χ1) is 6.79. The van der Waals surface area contributed by atoms with E-state index in [1.807, 2.05) is 11.8 Å². The molecule has 0 radical (unpaired) electrons. The summed E-state index contributed by atoms with van der Waals surface area (Å²) in [5, 5.41) is 0.630. The molecule has 0 unspecified atom stereocenters. The number of benzene rings is 1. The smallest absolute Gasteiger partial charge is 0.0611 e. The fraction of sp³-hybridized carbons (Fsp3) is 0.400. The molecule has 1 aromatic rings. The summed E-state index contributed by atoms with van der Waals surface area (Å²) in [6.45, 7) is 2.33. The Bertz CT molecular complexity index is 328. The molecule has 1 aliphatic heterocycles. The van der Waals surface area contributed by atoms with E-state index >= 15 is 0 Å². The van der Waals surface area contributed by atoms with Gasteiger partial charge in [0.2, 0.25) is 0 Å². The maximum absolute atomic E-state index is 5.58. The molecule has 76 valence electrons. The lowest BCUT2D eigenvalue weighted by molar-refractivity contribution is 0.0455. The first-order valence-corrected chi connectivity index (χ1v) is 6.20. The topological polar surface area (TPSA) is 35.2 Å². The van der Waals surface area contributed by atoms with E-state index < -0.39 is 0 Å². The van der Waals surface area contributed by atoms with Crippen LogP contribution in [0, 0.1) is 0 Å². The first-order valence-electron chi connectivity index (χ1n) is 4.52. The van der Waals surface area contributed by atoms with Crippen LogP contribution in [0.3, 0.4) is 0 Å². The Hall–Kier alpha value is -0.0300. The summed E-state index contributed by atoms with van der Waals surface area (Å²) < 4.78 is 6.23. The van der Waals surface area contributed by atoms with Crippen molar-refractivity contribution < 1.29 is 4.74 Å². The molecule has 1 heterocycles. The van der Waals surface area contributed by atoms with Crippen LogP contribution < -0.4 is 5.73 Å². The van der Waals surface area contributed by atoms with E-state index in [1.165, 1.54) is 4.90 Å². The minimum absolute atomic E-state index is 0.581. The van der Waals surface area contributed by atoms with Crippen LogP contribution in [-0.2, 0) is 11.3 Å². The third-order valence-corrected chi connectivity index (χ3v) is 4.02. The molecule has 1 aliphatic rings.